The van der Waals surface area contributed by atoms with Crippen molar-refractivity contribution in [3.8, 4) is 0 Å². The van der Waals surface area contributed by atoms with Crippen molar-refractivity contribution in [1.82, 2.24) is 5.32 Å². The molecule has 3 rings (SSSR count). The van der Waals surface area contributed by atoms with Crippen LogP contribution in [-0.2, 0) is 4.79 Å². The van der Waals surface area contributed by atoms with Crippen LogP contribution in [0.2, 0.25) is 0 Å². The predicted octanol–water partition coefficient (Wildman–Crippen LogP) is 2.55. The Morgan fingerprint density at radius 2 is 2.06 bits per heavy atom. The summed E-state index contributed by atoms with van der Waals surface area (Å²) < 4.78 is 0.530. The highest BCUT2D eigenvalue weighted by molar-refractivity contribution is 8.27. The van der Waals surface area contributed by atoms with E-state index in [1.54, 1.807) is 11.8 Å². The lowest BCUT2D eigenvalue weighted by atomic mass is 10.3. The third-order valence-electron chi connectivity index (χ3n) is 2.55. The Labute approximate surface area is 113 Å². The summed E-state index contributed by atoms with van der Waals surface area (Å²) in [6.07, 6.45) is 0. The van der Waals surface area contributed by atoms with Gasteiger partial charge >= 0.3 is 0 Å². The fraction of sp³-hybridized carbons (Fsp3) is 0.0909. The fourth-order valence-electron chi connectivity index (χ4n) is 1.76. The Bertz CT molecular complexity index is 568. The van der Waals surface area contributed by atoms with Crippen LogP contribution in [-0.4, -0.2) is 17.3 Å². The number of para-hydroxylation sites is 1. The molecule has 2 heterocycles. The van der Waals surface area contributed by atoms with Gasteiger partial charge in [0.1, 0.15) is 9.23 Å². The molecule has 0 unspecified atom stereocenters. The topological polar surface area (TPSA) is 32.3 Å². The number of nitrogens with zero attached hydrogens (tertiary/aromatic N) is 1. The van der Waals surface area contributed by atoms with E-state index < -0.39 is 0 Å². The molecule has 6 heteroatoms. The first-order chi connectivity index (χ1) is 8.16. The SMILES string of the molecule is CN1/C(=C2/SC(=S)NC2=O)Sc2ccccc21. The number of benzene rings is 1. The second-order valence-electron chi connectivity index (χ2n) is 3.61. The van der Waals surface area contributed by atoms with Gasteiger partial charge in [-0.1, -0.05) is 47.9 Å². The van der Waals surface area contributed by atoms with Crippen molar-refractivity contribution in [1.29, 1.82) is 0 Å². The molecule has 86 valence electrons. The smallest absolute Gasteiger partial charge is 0.266 e. The van der Waals surface area contributed by atoms with Crippen LogP contribution in [0, 0.1) is 0 Å². The highest BCUT2D eigenvalue weighted by Gasteiger charge is 2.32. The van der Waals surface area contributed by atoms with Gasteiger partial charge in [-0.15, -0.1) is 0 Å². The summed E-state index contributed by atoms with van der Waals surface area (Å²) in [6.45, 7) is 0. The standard InChI is InChI=1S/C11H8N2OS3/c1-13-6-4-2-3-5-7(6)16-10(13)8-9(14)12-11(15)17-8/h2-5H,1H3,(H,12,14,15)/b10-8-. The third kappa shape index (κ3) is 1.76. The highest BCUT2D eigenvalue weighted by Crippen LogP contribution is 2.48. The first kappa shape index (κ1) is 11.1. The maximum atomic E-state index is 11.8. The molecule has 1 aromatic rings. The third-order valence-corrected chi connectivity index (χ3v) is 5.14. The van der Waals surface area contributed by atoms with Crippen LogP contribution >= 0.6 is 35.7 Å². The summed E-state index contributed by atoms with van der Waals surface area (Å²) in [7, 11) is 1.97. The summed E-state index contributed by atoms with van der Waals surface area (Å²) in [6, 6.07) is 8.10. The quantitative estimate of drug-likeness (QED) is 0.583. The molecule has 0 spiro atoms. The monoisotopic (exact) mass is 280 g/mol. The van der Waals surface area contributed by atoms with Gasteiger partial charge in [0.2, 0.25) is 0 Å². The Kier molecular flexibility index (Phi) is 2.65. The number of carbonyl (C=O) groups is 1. The molecule has 3 nitrogen and oxygen atoms in total. The first-order valence-corrected chi connectivity index (χ1v) is 6.99. The number of fused-ring (bicyclic) bond motifs is 1. The number of carbonyl (C=O) groups excluding carboxylic acids is 1. The van der Waals surface area contributed by atoms with Crippen molar-refractivity contribution >= 4 is 51.7 Å². The molecule has 0 aromatic heterocycles. The maximum absolute atomic E-state index is 11.8. The summed E-state index contributed by atoms with van der Waals surface area (Å²) in [5.41, 5.74) is 1.13. The molecule has 1 aromatic carbocycles. The Hall–Kier alpha value is -0.980. The van der Waals surface area contributed by atoms with Crippen LogP contribution in [0.1, 0.15) is 0 Å². The molecule has 1 saturated heterocycles. The number of nitrogens with one attached hydrogen (secondary N) is 1. The Balaban J connectivity index is 2.07. The maximum Gasteiger partial charge on any atom is 0.266 e. The average molecular weight is 280 g/mol. The Morgan fingerprint density at radius 1 is 1.29 bits per heavy atom. The fourth-order valence-corrected chi connectivity index (χ4v) is 4.13. The number of amides is 1. The molecular formula is C11H8N2OS3. The summed E-state index contributed by atoms with van der Waals surface area (Å²) in [5.74, 6) is -0.0952. The van der Waals surface area contributed by atoms with Crippen LogP contribution in [0.25, 0.3) is 0 Å². The summed E-state index contributed by atoms with van der Waals surface area (Å²) in [5, 5.41) is 3.60. The van der Waals surface area contributed by atoms with Crippen molar-refractivity contribution in [3.63, 3.8) is 0 Å². The molecule has 2 aliphatic rings. The molecule has 1 N–H and O–H groups in total. The number of rotatable bonds is 0. The highest BCUT2D eigenvalue weighted by atomic mass is 32.2. The predicted molar refractivity (Wildman–Crippen MR) is 76.1 cm³/mol. The zero-order valence-electron chi connectivity index (χ0n) is 8.89. The van der Waals surface area contributed by atoms with Gasteiger partial charge in [0.15, 0.2) is 0 Å². The van der Waals surface area contributed by atoms with E-state index in [4.69, 9.17) is 12.2 Å². The largest absolute Gasteiger partial charge is 0.337 e. The zero-order chi connectivity index (χ0) is 12.0. The molecule has 0 saturated carbocycles. The van der Waals surface area contributed by atoms with E-state index in [2.05, 4.69) is 11.4 Å². The van der Waals surface area contributed by atoms with Crippen LogP contribution in [0.15, 0.2) is 39.1 Å². The molecule has 2 aliphatic heterocycles. The van der Waals surface area contributed by atoms with Crippen LogP contribution in [0.3, 0.4) is 0 Å². The van der Waals surface area contributed by atoms with E-state index >= 15 is 0 Å². The lowest BCUT2D eigenvalue weighted by molar-refractivity contribution is -0.115. The van der Waals surface area contributed by atoms with Gasteiger partial charge in [0.05, 0.1) is 10.7 Å². The van der Waals surface area contributed by atoms with Crippen molar-refractivity contribution in [2.45, 2.75) is 4.90 Å². The second-order valence-corrected chi connectivity index (χ2v) is 6.32. The van der Waals surface area contributed by atoms with Crippen LogP contribution in [0.4, 0.5) is 5.69 Å². The normalized spacial score (nSPS) is 23.0. The molecule has 17 heavy (non-hydrogen) atoms. The van der Waals surface area contributed by atoms with Gasteiger partial charge in [-0.3, -0.25) is 4.79 Å². The number of anilines is 1. The van der Waals surface area contributed by atoms with Gasteiger partial charge in [-0.25, -0.2) is 0 Å². The lowest BCUT2D eigenvalue weighted by Crippen LogP contribution is -2.20. The van der Waals surface area contributed by atoms with Crippen molar-refractivity contribution in [2.24, 2.45) is 0 Å². The van der Waals surface area contributed by atoms with E-state index in [9.17, 15) is 4.79 Å². The number of thioether (sulfide) groups is 2. The first-order valence-electron chi connectivity index (χ1n) is 4.95. The second kappa shape index (κ2) is 4.04. The zero-order valence-corrected chi connectivity index (χ0v) is 11.3. The van der Waals surface area contributed by atoms with E-state index in [-0.39, 0.29) is 5.91 Å². The summed E-state index contributed by atoms with van der Waals surface area (Å²) in [4.78, 5) is 15.7. The van der Waals surface area contributed by atoms with Gasteiger partial charge in [-0.2, -0.15) is 0 Å². The van der Waals surface area contributed by atoms with E-state index in [1.807, 2.05) is 30.1 Å². The molecular weight excluding hydrogens is 272 g/mol. The molecule has 1 fully saturated rings. The molecule has 0 aliphatic carbocycles. The van der Waals surface area contributed by atoms with Gasteiger partial charge in [0, 0.05) is 11.9 Å². The number of hydrogen-bond donors (Lipinski definition) is 1. The Morgan fingerprint density at radius 3 is 2.71 bits per heavy atom. The van der Waals surface area contributed by atoms with Crippen molar-refractivity contribution in [3.05, 3.63) is 34.2 Å². The van der Waals surface area contributed by atoms with E-state index in [0.29, 0.717) is 9.23 Å². The minimum Gasteiger partial charge on any atom is -0.337 e. The van der Waals surface area contributed by atoms with Gasteiger partial charge in [-0.05, 0) is 12.1 Å². The molecule has 1 amide bonds. The van der Waals surface area contributed by atoms with E-state index in [0.717, 1.165) is 10.7 Å². The minimum atomic E-state index is -0.0952. The number of hydrogen-bond acceptors (Lipinski definition) is 5. The van der Waals surface area contributed by atoms with Crippen LogP contribution in [0.5, 0.6) is 0 Å². The molecule has 0 atom stereocenters. The molecule has 0 radical (unpaired) electrons. The van der Waals surface area contributed by atoms with Gasteiger partial charge in [0.25, 0.3) is 5.91 Å². The minimum absolute atomic E-state index is 0.0952. The van der Waals surface area contributed by atoms with E-state index in [1.165, 1.54) is 16.7 Å². The average Bonchev–Trinajstić information content (AvgIpc) is 2.80. The van der Waals surface area contributed by atoms with Crippen LogP contribution < -0.4 is 10.2 Å². The molecule has 0 bridgehead atoms. The number of thiocarbonyl (C=S) groups is 1. The van der Waals surface area contributed by atoms with Crippen molar-refractivity contribution < 1.29 is 4.79 Å². The summed E-state index contributed by atoms with van der Waals surface area (Å²) >= 11 is 7.95. The lowest BCUT2D eigenvalue weighted by Gasteiger charge is -2.14. The van der Waals surface area contributed by atoms with Crippen molar-refractivity contribution in [2.75, 3.05) is 11.9 Å². The van der Waals surface area contributed by atoms with Gasteiger partial charge < -0.3 is 10.2 Å².